The van der Waals surface area contributed by atoms with Gasteiger partial charge in [0.1, 0.15) is 11.5 Å². The Hall–Kier alpha value is -1.22. The molecule has 68 valence electrons. The molecular formula is C10H10O2S. The molecule has 0 fully saturated rings. The lowest BCUT2D eigenvalue weighted by Crippen LogP contribution is -1.82. The highest BCUT2D eigenvalue weighted by atomic mass is 32.1. The number of aryl methyl sites for hydroxylation is 1. The fourth-order valence-electron chi connectivity index (χ4n) is 1.53. The summed E-state index contributed by atoms with van der Waals surface area (Å²) in [5.74, 6) is 0.538. The summed E-state index contributed by atoms with van der Waals surface area (Å²) in [7, 11) is 0. The van der Waals surface area contributed by atoms with Crippen molar-refractivity contribution in [1.82, 2.24) is 0 Å². The highest BCUT2D eigenvalue weighted by Gasteiger charge is 2.10. The van der Waals surface area contributed by atoms with Crippen LogP contribution >= 0.6 is 11.3 Å². The van der Waals surface area contributed by atoms with E-state index in [1.165, 1.54) is 11.3 Å². The average Bonchev–Trinajstić information content (AvgIpc) is 2.49. The SMILES string of the molecule is CCc1c(O)ccc2scc(O)c12. The molecule has 0 aliphatic carbocycles. The van der Waals surface area contributed by atoms with Crippen molar-refractivity contribution in [2.75, 3.05) is 0 Å². The van der Waals surface area contributed by atoms with Gasteiger partial charge >= 0.3 is 0 Å². The molecule has 1 aromatic heterocycles. The first-order valence-electron chi connectivity index (χ1n) is 4.15. The number of benzene rings is 1. The number of hydrogen-bond acceptors (Lipinski definition) is 3. The molecule has 2 N–H and O–H groups in total. The van der Waals surface area contributed by atoms with Crippen LogP contribution in [0.25, 0.3) is 10.1 Å². The van der Waals surface area contributed by atoms with Gasteiger partial charge < -0.3 is 10.2 Å². The van der Waals surface area contributed by atoms with Gasteiger partial charge in [0, 0.05) is 21.0 Å². The van der Waals surface area contributed by atoms with E-state index in [0.717, 1.165) is 22.1 Å². The minimum Gasteiger partial charge on any atom is -0.508 e. The molecule has 1 heterocycles. The zero-order valence-electron chi connectivity index (χ0n) is 7.24. The second-order valence-electron chi connectivity index (χ2n) is 2.91. The summed E-state index contributed by atoms with van der Waals surface area (Å²) in [6.45, 7) is 1.96. The molecule has 0 saturated heterocycles. The van der Waals surface area contributed by atoms with E-state index in [0.29, 0.717) is 0 Å². The van der Waals surface area contributed by atoms with Gasteiger partial charge in [0.15, 0.2) is 0 Å². The van der Waals surface area contributed by atoms with Crippen molar-refractivity contribution in [3.8, 4) is 11.5 Å². The number of thiophene rings is 1. The Morgan fingerprint density at radius 3 is 2.69 bits per heavy atom. The van der Waals surface area contributed by atoms with Gasteiger partial charge in [-0.1, -0.05) is 6.92 Å². The number of hydrogen-bond donors (Lipinski definition) is 2. The standard InChI is InChI=1S/C10H10O2S/c1-2-6-7(11)3-4-9-10(6)8(12)5-13-9/h3-5,11-12H,2H2,1H3. The predicted molar refractivity (Wildman–Crippen MR) is 54.5 cm³/mol. The van der Waals surface area contributed by atoms with Crippen LogP contribution in [-0.4, -0.2) is 10.2 Å². The summed E-state index contributed by atoms with van der Waals surface area (Å²) >= 11 is 1.49. The van der Waals surface area contributed by atoms with Crippen molar-refractivity contribution in [1.29, 1.82) is 0 Å². The van der Waals surface area contributed by atoms with Gasteiger partial charge in [-0.2, -0.15) is 0 Å². The molecule has 0 bridgehead atoms. The highest BCUT2D eigenvalue weighted by molar-refractivity contribution is 7.17. The molecule has 0 aliphatic heterocycles. The zero-order valence-corrected chi connectivity index (χ0v) is 8.06. The number of phenols is 1. The van der Waals surface area contributed by atoms with Crippen LogP contribution in [0.15, 0.2) is 17.5 Å². The van der Waals surface area contributed by atoms with Crippen LogP contribution in [0.4, 0.5) is 0 Å². The quantitative estimate of drug-likeness (QED) is 0.732. The second-order valence-corrected chi connectivity index (χ2v) is 3.82. The van der Waals surface area contributed by atoms with Crippen molar-refractivity contribution < 1.29 is 10.2 Å². The first-order valence-corrected chi connectivity index (χ1v) is 5.03. The van der Waals surface area contributed by atoms with Crippen molar-refractivity contribution in [2.45, 2.75) is 13.3 Å². The van der Waals surface area contributed by atoms with Crippen LogP contribution in [0.3, 0.4) is 0 Å². The van der Waals surface area contributed by atoms with Gasteiger partial charge in [-0.05, 0) is 18.6 Å². The lowest BCUT2D eigenvalue weighted by Gasteiger charge is -2.03. The molecule has 2 aromatic rings. The molecule has 0 spiro atoms. The van der Waals surface area contributed by atoms with Crippen molar-refractivity contribution in [2.24, 2.45) is 0 Å². The number of aromatic hydroxyl groups is 2. The predicted octanol–water partition coefficient (Wildman–Crippen LogP) is 2.87. The van der Waals surface area contributed by atoms with E-state index in [1.807, 2.05) is 13.0 Å². The van der Waals surface area contributed by atoms with E-state index in [1.54, 1.807) is 11.4 Å². The van der Waals surface area contributed by atoms with Gasteiger partial charge in [0.05, 0.1) is 0 Å². The number of rotatable bonds is 1. The summed E-state index contributed by atoms with van der Waals surface area (Å²) in [5, 5.41) is 21.6. The van der Waals surface area contributed by atoms with Crippen LogP contribution in [0, 0.1) is 0 Å². The van der Waals surface area contributed by atoms with Crippen LogP contribution in [-0.2, 0) is 6.42 Å². The third-order valence-electron chi connectivity index (χ3n) is 2.16. The Morgan fingerprint density at radius 1 is 1.23 bits per heavy atom. The minimum atomic E-state index is 0.267. The van der Waals surface area contributed by atoms with E-state index in [-0.39, 0.29) is 11.5 Å². The van der Waals surface area contributed by atoms with Gasteiger partial charge in [0.2, 0.25) is 0 Å². The molecule has 0 saturated carbocycles. The van der Waals surface area contributed by atoms with Crippen LogP contribution < -0.4 is 0 Å². The number of phenolic OH excluding ortho intramolecular Hbond substituents is 1. The maximum absolute atomic E-state index is 9.55. The normalized spacial score (nSPS) is 10.8. The number of fused-ring (bicyclic) bond motifs is 1. The van der Waals surface area contributed by atoms with E-state index < -0.39 is 0 Å². The Labute approximate surface area is 80.1 Å². The molecule has 2 rings (SSSR count). The molecular weight excluding hydrogens is 184 g/mol. The molecule has 13 heavy (non-hydrogen) atoms. The lowest BCUT2D eigenvalue weighted by molar-refractivity contribution is 0.466. The van der Waals surface area contributed by atoms with Crippen molar-refractivity contribution in [3.05, 3.63) is 23.1 Å². The molecule has 0 unspecified atom stereocenters. The molecule has 0 aliphatic rings. The summed E-state index contributed by atoms with van der Waals surface area (Å²) in [4.78, 5) is 0. The molecule has 1 aromatic carbocycles. The Bertz CT molecular complexity index is 445. The van der Waals surface area contributed by atoms with Crippen molar-refractivity contribution >= 4 is 21.4 Å². The summed E-state index contributed by atoms with van der Waals surface area (Å²) in [6.07, 6.45) is 0.730. The fourth-order valence-corrected chi connectivity index (χ4v) is 2.38. The molecule has 2 nitrogen and oxygen atoms in total. The Morgan fingerprint density at radius 2 is 2.00 bits per heavy atom. The van der Waals surface area contributed by atoms with Crippen molar-refractivity contribution in [3.63, 3.8) is 0 Å². The van der Waals surface area contributed by atoms with E-state index in [9.17, 15) is 10.2 Å². The Balaban J connectivity index is 2.88. The molecule has 0 atom stereocenters. The summed E-state index contributed by atoms with van der Waals surface area (Å²) < 4.78 is 1.02. The first kappa shape index (κ1) is 8.38. The van der Waals surface area contributed by atoms with Gasteiger partial charge in [-0.15, -0.1) is 11.3 Å². The monoisotopic (exact) mass is 194 g/mol. The minimum absolute atomic E-state index is 0.267. The smallest absolute Gasteiger partial charge is 0.134 e. The summed E-state index contributed by atoms with van der Waals surface area (Å²) in [6, 6.07) is 3.51. The topological polar surface area (TPSA) is 40.5 Å². The zero-order chi connectivity index (χ0) is 9.42. The van der Waals surface area contributed by atoms with Gasteiger partial charge in [-0.3, -0.25) is 0 Å². The maximum atomic E-state index is 9.55. The second kappa shape index (κ2) is 2.92. The van der Waals surface area contributed by atoms with E-state index in [2.05, 4.69) is 0 Å². The summed E-state index contributed by atoms with van der Waals surface area (Å²) in [5.41, 5.74) is 0.830. The van der Waals surface area contributed by atoms with Gasteiger partial charge in [0.25, 0.3) is 0 Å². The van der Waals surface area contributed by atoms with E-state index >= 15 is 0 Å². The lowest BCUT2D eigenvalue weighted by atomic mass is 10.1. The Kier molecular flexibility index (Phi) is 1.88. The maximum Gasteiger partial charge on any atom is 0.134 e. The van der Waals surface area contributed by atoms with Crippen LogP contribution in [0.1, 0.15) is 12.5 Å². The largest absolute Gasteiger partial charge is 0.508 e. The fraction of sp³-hybridized carbons (Fsp3) is 0.200. The molecule has 3 heteroatoms. The third kappa shape index (κ3) is 1.16. The first-order chi connectivity index (χ1) is 6.24. The average molecular weight is 194 g/mol. The van der Waals surface area contributed by atoms with Crippen LogP contribution in [0.2, 0.25) is 0 Å². The highest BCUT2D eigenvalue weighted by Crippen LogP contribution is 2.37. The molecule has 0 radical (unpaired) electrons. The van der Waals surface area contributed by atoms with Gasteiger partial charge in [-0.25, -0.2) is 0 Å². The van der Waals surface area contributed by atoms with Crippen LogP contribution in [0.5, 0.6) is 11.5 Å². The third-order valence-corrected chi connectivity index (χ3v) is 3.09. The molecule has 0 amide bonds. The van der Waals surface area contributed by atoms with E-state index in [4.69, 9.17) is 0 Å².